The van der Waals surface area contributed by atoms with Gasteiger partial charge in [-0.1, -0.05) is 27.2 Å². The van der Waals surface area contributed by atoms with Crippen LogP contribution in [0.25, 0.3) is 0 Å². The molecular formula is C11H19FO3. The van der Waals surface area contributed by atoms with Crippen LogP contribution in [0.2, 0.25) is 0 Å². The van der Waals surface area contributed by atoms with Crippen molar-refractivity contribution in [1.29, 1.82) is 0 Å². The van der Waals surface area contributed by atoms with Crippen LogP contribution in [0.15, 0.2) is 0 Å². The topological polar surface area (TPSA) is 43.4 Å². The summed E-state index contributed by atoms with van der Waals surface area (Å²) in [4.78, 5) is 25.5. The third-order valence-electron chi connectivity index (χ3n) is 2.47. The molecule has 0 saturated heterocycles. The number of carbonyl (C=O) groups is 2. The van der Waals surface area contributed by atoms with E-state index in [4.69, 9.17) is 0 Å². The number of carbonyl (C=O) groups excluding carboxylic acids is 2. The van der Waals surface area contributed by atoms with Crippen molar-refractivity contribution in [1.82, 2.24) is 0 Å². The van der Waals surface area contributed by atoms with Gasteiger partial charge in [0.1, 0.15) is 5.78 Å². The van der Waals surface area contributed by atoms with Crippen LogP contribution in [0.5, 0.6) is 0 Å². The van der Waals surface area contributed by atoms with Crippen molar-refractivity contribution in [2.75, 3.05) is 0 Å². The second-order valence-electron chi connectivity index (χ2n) is 4.07. The second-order valence-corrected chi connectivity index (χ2v) is 4.07. The van der Waals surface area contributed by atoms with Gasteiger partial charge < -0.3 is 0 Å². The molecule has 0 fully saturated rings. The fourth-order valence-corrected chi connectivity index (χ4v) is 1.47. The molecule has 15 heavy (non-hydrogen) atoms. The Labute approximate surface area is 89.9 Å². The number of halogens is 1. The molecule has 3 nitrogen and oxygen atoms in total. The monoisotopic (exact) mass is 218 g/mol. The molecule has 0 aromatic rings. The lowest BCUT2D eigenvalue weighted by Gasteiger charge is -2.17. The Morgan fingerprint density at radius 3 is 2.33 bits per heavy atom. The van der Waals surface area contributed by atoms with Gasteiger partial charge in [-0.2, -0.15) is 0 Å². The van der Waals surface area contributed by atoms with Crippen LogP contribution >= 0.6 is 0 Å². The van der Waals surface area contributed by atoms with E-state index in [1.54, 1.807) is 0 Å². The lowest BCUT2D eigenvalue weighted by molar-refractivity contribution is -0.185. The fourth-order valence-electron chi connectivity index (χ4n) is 1.47. The summed E-state index contributed by atoms with van der Waals surface area (Å²) >= 11 is 0. The van der Waals surface area contributed by atoms with E-state index in [2.05, 4.69) is 4.94 Å². The zero-order chi connectivity index (χ0) is 11.8. The summed E-state index contributed by atoms with van der Waals surface area (Å²) in [5.41, 5.74) is 0. The molecule has 0 aromatic heterocycles. The van der Waals surface area contributed by atoms with Crippen molar-refractivity contribution in [3.8, 4) is 0 Å². The highest BCUT2D eigenvalue weighted by atomic mass is 19.3. The zero-order valence-corrected chi connectivity index (χ0v) is 9.59. The van der Waals surface area contributed by atoms with Gasteiger partial charge in [0.25, 0.3) is 0 Å². The van der Waals surface area contributed by atoms with E-state index >= 15 is 0 Å². The standard InChI is InChI=1S/C11H19FO3/c1-4-5-6-10(13)9(8(2)3)7-11(14)15-12/h8-9H,4-7H2,1-3H3. The molecule has 0 heterocycles. The molecule has 0 radical (unpaired) electrons. The molecule has 0 rings (SSSR count). The first-order valence-electron chi connectivity index (χ1n) is 5.37. The fraction of sp³-hybridized carbons (Fsp3) is 0.818. The maximum Gasteiger partial charge on any atom is 0.349 e. The first kappa shape index (κ1) is 14.1. The lowest BCUT2D eigenvalue weighted by Crippen LogP contribution is -2.23. The predicted octanol–water partition coefficient (Wildman–Crippen LogP) is 2.84. The van der Waals surface area contributed by atoms with Gasteiger partial charge in [-0.3, -0.25) is 9.74 Å². The van der Waals surface area contributed by atoms with Crippen LogP contribution < -0.4 is 0 Å². The number of ketones is 1. The van der Waals surface area contributed by atoms with Crippen LogP contribution in [0.1, 0.15) is 46.5 Å². The molecule has 0 saturated carbocycles. The van der Waals surface area contributed by atoms with Crippen LogP contribution in [0.4, 0.5) is 4.53 Å². The second kappa shape index (κ2) is 7.37. The van der Waals surface area contributed by atoms with Gasteiger partial charge in [-0.25, -0.2) is 4.79 Å². The summed E-state index contributed by atoms with van der Waals surface area (Å²) in [7, 11) is 0. The number of rotatable bonds is 7. The van der Waals surface area contributed by atoms with Gasteiger partial charge >= 0.3 is 5.97 Å². The van der Waals surface area contributed by atoms with Crippen LogP contribution in [-0.2, 0) is 14.5 Å². The minimum atomic E-state index is -0.960. The summed E-state index contributed by atoms with van der Waals surface area (Å²) < 4.78 is 11.6. The Bertz CT molecular complexity index is 214. The highest BCUT2D eigenvalue weighted by Crippen LogP contribution is 2.20. The van der Waals surface area contributed by atoms with Crippen molar-refractivity contribution in [2.24, 2.45) is 11.8 Å². The maximum atomic E-state index is 11.7. The molecule has 4 heteroatoms. The maximum absolute atomic E-state index is 11.7. The third kappa shape index (κ3) is 5.50. The molecule has 0 aliphatic carbocycles. The normalized spacial score (nSPS) is 12.6. The van der Waals surface area contributed by atoms with Gasteiger partial charge in [0, 0.05) is 16.9 Å². The smallest absolute Gasteiger partial charge is 0.299 e. The molecule has 1 atom stereocenters. The van der Waals surface area contributed by atoms with Crippen molar-refractivity contribution >= 4 is 11.8 Å². The molecule has 0 amide bonds. The van der Waals surface area contributed by atoms with E-state index in [0.29, 0.717) is 6.42 Å². The van der Waals surface area contributed by atoms with E-state index in [1.807, 2.05) is 20.8 Å². The molecule has 0 bridgehead atoms. The largest absolute Gasteiger partial charge is 0.349 e. The van der Waals surface area contributed by atoms with Crippen molar-refractivity contribution in [3.63, 3.8) is 0 Å². The van der Waals surface area contributed by atoms with Gasteiger partial charge in [-0.05, 0) is 12.3 Å². The first-order chi connectivity index (χ1) is 7.02. The van der Waals surface area contributed by atoms with Crippen LogP contribution in [-0.4, -0.2) is 11.8 Å². The summed E-state index contributed by atoms with van der Waals surface area (Å²) in [5, 5.41) is 0. The SMILES string of the molecule is CCCCC(=O)C(CC(=O)OF)C(C)C. The Kier molecular flexibility index (Phi) is 6.92. The first-order valence-corrected chi connectivity index (χ1v) is 5.37. The van der Waals surface area contributed by atoms with E-state index in [1.165, 1.54) is 0 Å². The molecular weight excluding hydrogens is 199 g/mol. The van der Waals surface area contributed by atoms with Gasteiger partial charge in [0.2, 0.25) is 0 Å². The number of hydrogen-bond acceptors (Lipinski definition) is 3. The average molecular weight is 218 g/mol. The Hall–Kier alpha value is -0.930. The highest BCUT2D eigenvalue weighted by Gasteiger charge is 2.25. The molecule has 0 aliphatic heterocycles. The van der Waals surface area contributed by atoms with Gasteiger partial charge in [-0.15, -0.1) is 0 Å². The van der Waals surface area contributed by atoms with Crippen molar-refractivity contribution in [3.05, 3.63) is 0 Å². The van der Waals surface area contributed by atoms with E-state index in [-0.39, 0.29) is 18.1 Å². The van der Waals surface area contributed by atoms with E-state index in [9.17, 15) is 14.1 Å². The Balaban J connectivity index is 4.25. The summed E-state index contributed by atoms with van der Waals surface area (Å²) in [6.07, 6.45) is 2.05. The predicted molar refractivity (Wildman–Crippen MR) is 54.7 cm³/mol. The number of hydrogen-bond donors (Lipinski definition) is 0. The minimum absolute atomic E-state index is 0.0252. The summed E-state index contributed by atoms with van der Waals surface area (Å²) in [6, 6.07) is 0. The Morgan fingerprint density at radius 1 is 1.33 bits per heavy atom. The molecule has 0 aromatic carbocycles. The quantitative estimate of drug-likeness (QED) is 0.660. The summed E-state index contributed by atoms with van der Waals surface area (Å²) in [5.74, 6) is -1.32. The lowest BCUT2D eigenvalue weighted by atomic mass is 9.86. The number of Topliss-reactive ketones (excluding diaryl/α,β-unsaturated/α-hetero) is 1. The Morgan fingerprint density at radius 2 is 1.93 bits per heavy atom. The zero-order valence-electron chi connectivity index (χ0n) is 9.59. The molecule has 0 aliphatic rings. The van der Waals surface area contributed by atoms with E-state index in [0.717, 1.165) is 12.8 Å². The minimum Gasteiger partial charge on any atom is -0.299 e. The highest BCUT2D eigenvalue weighted by molar-refractivity contribution is 5.85. The summed E-state index contributed by atoms with van der Waals surface area (Å²) in [6.45, 7) is 5.69. The average Bonchev–Trinajstić information content (AvgIpc) is 2.21. The van der Waals surface area contributed by atoms with Gasteiger partial charge in [0.15, 0.2) is 0 Å². The van der Waals surface area contributed by atoms with Crippen molar-refractivity contribution in [2.45, 2.75) is 46.5 Å². The third-order valence-corrected chi connectivity index (χ3v) is 2.47. The van der Waals surface area contributed by atoms with Crippen LogP contribution in [0.3, 0.4) is 0 Å². The molecule has 1 unspecified atom stereocenters. The van der Waals surface area contributed by atoms with Crippen molar-refractivity contribution < 1.29 is 19.1 Å². The molecule has 0 N–H and O–H groups in total. The van der Waals surface area contributed by atoms with Gasteiger partial charge in [0.05, 0.1) is 6.42 Å². The van der Waals surface area contributed by atoms with E-state index < -0.39 is 11.9 Å². The number of unbranched alkanes of at least 4 members (excludes halogenated alkanes) is 1. The molecule has 88 valence electrons. The molecule has 0 spiro atoms. The van der Waals surface area contributed by atoms with Crippen LogP contribution in [0, 0.1) is 11.8 Å².